The van der Waals surface area contributed by atoms with Crippen molar-refractivity contribution in [3.8, 4) is 11.8 Å². The Morgan fingerprint density at radius 1 is 1.10 bits per heavy atom. The number of para-hydroxylation sites is 2. The van der Waals surface area contributed by atoms with Crippen molar-refractivity contribution in [2.24, 2.45) is 0 Å². The molecule has 2 aromatic carbocycles. The highest BCUT2D eigenvalue weighted by Crippen LogP contribution is 2.28. The third-order valence-corrected chi connectivity index (χ3v) is 5.27. The minimum absolute atomic E-state index is 0.108. The van der Waals surface area contributed by atoms with Crippen molar-refractivity contribution in [2.45, 2.75) is 13.8 Å². The SMILES string of the molecule is COc1ccccc1N1CCN(/C=C(/C#N)C(=O)Nc2cccc(C)c2C)CC1. The number of ether oxygens (including phenoxy) is 1. The molecule has 1 fully saturated rings. The Kier molecular flexibility index (Phi) is 6.40. The summed E-state index contributed by atoms with van der Waals surface area (Å²) in [5.41, 5.74) is 4.00. The molecule has 3 rings (SSSR count). The zero-order valence-corrected chi connectivity index (χ0v) is 17.1. The lowest BCUT2D eigenvalue weighted by atomic mass is 10.1. The molecule has 1 N–H and O–H groups in total. The van der Waals surface area contributed by atoms with E-state index < -0.39 is 0 Å². The fraction of sp³-hybridized carbons (Fsp3) is 0.304. The van der Waals surface area contributed by atoms with Gasteiger partial charge in [-0.25, -0.2) is 0 Å². The predicted molar refractivity (Wildman–Crippen MR) is 115 cm³/mol. The number of methoxy groups -OCH3 is 1. The number of piperazine rings is 1. The van der Waals surface area contributed by atoms with Crippen LogP contribution in [0.25, 0.3) is 0 Å². The molecule has 29 heavy (non-hydrogen) atoms. The molecule has 0 saturated carbocycles. The van der Waals surface area contributed by atoms with Crippen LogP contribution in [-0.2, 0) is 4.79 Å². The van der Waals surface area contributed by atoms with Gasteiger partial charge in [0.15, 0.2) is 0 Å². The highest BCUT2D eigenvalue weighted by molar-refractivity contribution is 6.06. The van der Waals surface area contributed by atoms with Crippen LogP contribution in [0.2, 0.25) is 0 Å². The number of nitriles is 1. The molecule has 1 amide bonds. The molecule has 1 heterocycles. The summed E-state index contributed by atoms with van der Waals surface area (Å²) >= 11 is 0. The van der Waals surface area contributed by atoms with Crippen molar-refractivity contribution in [3.63, 3.8) is 0 Å². The number of aryl methyl sites for hydroxylation is 1. The maximum Gasteiger partial charge on any atom is 0.267 e. The second-order valence-electron chi connectivity index (χ2n) is 7.05. The molecule has 2 aromatic rings. The summed E-state index contributed by atoms with van der Waals surface area (Å²) < 4.78 is 5.45. The largest absolute Gasteiger partial charge is 0.495 e. The van der Waals surface area contributed by atoms with E-state index in [1.54, 1.807) is 13.3 Å². The summed E-state index contributed by atoms with van der Waals surface area (Å²) in [6, 6.07) is 15.7. The van der Waals surface area contributed by atoms with E-state index in [9.17, 15) is 10.1 Å². The van der Waals surface area contributed by atoms with Crippen LogP contribution in [-0.4, -0.2) is 44.1 Å². The highest BCUT2D eigenvalue weighted by Gasteiger charge is 2.20. The van der Waals surface area contributed by atoms with Gasteiger partial charge in [-0.3, -0.25) is 4.79 Å². The lowest BCUT2D eigenvalue weighted by Gasteiger charge is -2.36. The van der Waals surface area contributed by atoms with Gasteiger partial charge in [-0.05, 0) is 43.2 Å². The number of amides is 1. The van der Waals surface area contributed by atoms with Crippen molar-refractivity contribution in [1.82, 2.24) is 4.90 Å². The number of hydrogen-bond donors (Lipinski definition) is 1. The van der Waals surface area contributed by atoms with Gasteiger partial charge < -0.3 is 19.9 Å². The Hall–Kier alpha value is -3.46. The van der Waals surface area contributed by atoms with E-state index in [1.165, 1.54) is 0 Å². The van der Waals surface area contributed by atoms with E-state index in [0.717, 1.165) is 54.4 Å². The van der Waals surface area contributed by atoms with Crippen LogP contribution in [0.4, 0.5) is 11.4 Å². The fourth-order valence-electron chi connectivity index (χ4n) is 3.38. The fourth-order valence-corrected chi connectivity index (χ4v) is 3.38. The summed E-state index contributed by atoms with van der Waals surface area (Å²) in [5, 5.41) is 12.4. The second-order valence-corrected chi connectivity index (χ2v) is 7.05. The van der Waals surface area contributed by atoms with Gasteiger partial charge in [0.1, 0.15) is 17.4 Å². The van der Waals surface area contributed by atoms with Gasteiger partial charge in [-0.2, -0.15) is 5.26 Å². The number of carbonyl (C=O) groups is 1. The normalized spacial score (nSPS) is 14.3. The van der Waals surface area contributed by atoms with Gasteiger partial charge in [0.25, 0.3) is 5.91 Å². The van der Waals surface area contributed by atoms with Crippen LogP contribution in [0, 0.1) is 25.2 Å². The van der Waals surface area contributed by atoms with E-state index in [-0.39, 0.29) is 11.5 Å². The van der Waals surface area contributed by atoms with Gasteiger partial charge in [-0.15, -0.1) is 0 Å². The average molecular weight is 390 g/mol. The van der Waals surface area contributed by atoms with Crippen molar-refractivity contribution < 1.29 is 9.53 Å². The second kappa shape index (κ2) is 9.16. The van der Waals surface area contributed by atoms with Gasteiger partial charge >= 0.3 is 0 Å². The van der Waals surface area contributed by atoms with E-state index in [0.29, 0.717) is 0 Å². The molecule has 150 valence electrons. The van der Waals surface area contributed by atoms with Crippen LogP contribution in [0.5, 0.6) is 5.75 Å². The first-order valence-corrected chi connectivity index (χ1v) is 9.65. The van der Waals surface area contributed by atoms with Crippen LogP contribution in [0.1, 0.15) is 11.1 Å². The summed E-state index contributed by atoms with van der Waals surface area (Å²) in [6.07, 6.45) is 1.67. The molecule has 6 nitrogen and oxygen atoms in total. The minimum atomic E-state index is -0.381. The molecule has 0 bridgehead atoms. The molecule has 1 aliphatic heterocycles. The lowest BCUT2D eigenvalue weighted by Crippen LogP contribution is -2.44. The van der Waals surface area contributed by atoms with Crippen molar-refractivity contribution in [1.29, 1.82) is 5.26 Å². The first-order chi connectivity index (χ1) is 14.0. The number of benzene rings is 2. The summed E-state index contributed by atoms with van der Waals surface area (Å²) in [4.78, 5) is 16.9. The third kappa shape index (κ3) is 4.69. The molecule has 0 aliphatic carbocycles. The van der Waals surface area contributed by atoms with E-state index in [1.807, 2.05) is 67.3 Å². The Bertz CT molecular complexity index is 954. The van der Waals surface area contributed by atoms with Crippen molar-refractivity contribution in [3.05, 3.63) is 65.4 Å². The standard InChI is InChI=1S/C23H26N4O2/c1-17-7-6-8-20(18(17)2)25-23(28)19(15-24)16-26-11-13-27(14-12-26)21-9-4-5-10-22(21)29-3/h4-10,16H,11-14H2,1-3H3,(H,25,28)/b19-16-. The molecule has 0 unspecified atom stereocenters. The minimum Gasteiger partial charge on any atom is -0.495 e. The molecule has 0 aromatic heterocycles. The molecule has 0 atom stereocenters. The zero-order chi connectivity index (χ0) is 20.8. The van der Waals surface area contributed by atoms with Crippen LogP contribution in [0.3, 0.4) is 0 Å². The van der Waals surface area contributed by atoms with E-state index >= 15 is 0 Å². The van der Waals surface area contributed by atoms with Crippen molar-refractivity contribution in [2.75, 3.05) is 43.5 Å². The molecule has 1 saturated heterocycles. The molecular weight excluding hydrogens is 364 g/mol. The summed E-state index contributed by atoms with van der Waals surface area (Å²) in [6.45, 7) is 6.97. The Balaban J connectivity index is 1.65. The Labute approximate surface area is 172 Å². The Morgan fingerprint density at radius 2 is 1.83 bits per heavy atom. The highest BCUT2D eigenvalue weighted by atomic mass is 16.5. The number of nitrogens with zero attached hydrogens (tertiary/aromatic N) is 3. The van der Waals surface area contributed by atoms with E-state index in [2.05, 4.69) is 10.2 Å². The summed E-state index contributed by atoms with van der Waals surface area (Å²) in [7, 11) is 1.67. The van der Waals surface area contributed by atoms with Gasteiger partial charge in [0, 0.05) is 38.1 Å². The first kappa shape index (κ1) is 20.3. The molecule has 0 radical (unpaired) electrons. The number of rotatable bonds is 5. The number of carbonyl (C=O) groups excluding carboxylic acids is 1. The lowest BCUT2D eigenvalue weighted by molar-refractivity contribution is -0.112. The number of anilines is 2. The van der Waals surface area contributed by atoms with Gasteiger partial charge in [-0.1, -0.05) is 24.3 Å². The van der Waals surface area contributed by atoms with Gasteiger partial charge in [0.05, 0.1) is 12.8 Å². The first-order valence-electron chi connectivity index (χ1n) is 9.65. The molecule has 0 spiro atoms. The maximum absolute atomic E-state index is 12.6. The predicted octanol–water partition coefficient (Wildman–Crippen LogP) is 3.48. The van der Waals surface area contributed by atoms with Crippen LogP contribution in [0.15, 0.2) is 54.2 Å². The third-order valence-electron chi connectivity index (χ3n) is 5.27. The molecular formula is C23H26N4O2. The smallest absolute Gasteiger partial charge is 0.267 e. The zero-order valence-electron chi connectivity index (χ0n) is 17.1. The van der Waals surface area contributed by atoms with Gasteiger partial charge in [0.2, 0.25) is 0 Å². The maximum atomic E-state index is 12.6. The number of nitrogens with one attached hydrogen (secondary N) is 1. The van der Waals surface area contributed by atoms with E-state index in [4.69, 9.17) is 4.74 Å². The van der Waals surface area contributed by atoms with Crippen molar-refractivity contribution >= 4 is 17.3 Å². The summed E-state index contributed by atoms with van der Waals surface area (Å²) in [5.74, 6) is 0.468. The quantitative estimate of drug-likeness (QED) is 0.625. The molecule has 1 aliphatic rings. The monoisotopic (exact) mass is 390 g/mol. The average Bonchev–Trinajstić information content (AvgIpc) is 2.75. The van der Waals surface area contributed by atoms with Crippen LogP contribution < -0.4 is 15.0 Å². The topological polar surface area (TPSA) is 68.6 Å². The van der Waals surface area contributed by atoms with Crippen LogP contribution >= 0.6 is 0 Å². The molecule has 6 heteroatoms. The number of hydrogen-bond acceptors (Lipinski definition) is 5. The Morgan fingerprint density at radius 3 is 2.52 bits per heavy atom.